The first-order valence-corrected chi connectivity index (χ1v) is 14.0. The Balaban J connectivity index is 1.22. The molecule has 0 saturated carbocycles. The summed E-state index contributed by atoms with van der Waals surface area (Å²) in [5, 5.41) is 29.3. The lowest BCUT2D eigenvalue weighted by Gasteiger charge is -2.04. The van der Waals surface area contributed by atoms with Crippen LogP contribution in [0.25, 0.3) is 11.0 Å². The molecule has 0 saturated heterocycles. The summed E-state index contributed by atoms with van der Waals surface area (Å²) in [5.74, 6) is -2.24. The number of para-hydroxylation sites is 1. The highest BCUT2D eigenvalue weighted by Crippen LogP contribution is 2.24. The Hall–Kier alpha value is -6.72. The summed E-state index contributed by atoms with van der Waals surface area (Å²) >= 11 is 0. The van der Waals surface area contributed by atoms with Crippen LogP contribution >= 0.6 is 0 Å². The fourth-order valence-electron chi connectivity index (χ4n) is 4.83. The second kappa shape index (κ2) is 12.7. The van der Waals surface area contributed by atoms with Crippen molar-refractivity contribution in [3.05, 3.63) is 88.0 Å². The summed E-state index contributed by atoms with van der Waals surface area (Å²) in [6.45, 7) is 0.203. The zero-order chi connectivity index (χ0) is 34.0. The van der Waals surface area contributed by atoms with E-state index in [1.165, 1.54) is 45.7 Å². The Morgan fingerprint density at radius 3 is 1.83 bits per heavy atom. The van der Waals surface area contributed by atoms with E-state index >= 15 is 0 Å². The molecular formula is C29H30N12O6. The highest BCUT2D eigenvalue weighted by molar-refractivity contribution is 6.08. The maximum Gasteiger partial charge on any atom is 0.297 e. The van der Waals surface area contributed by atoms with E-state index in [4.69, 9.17) is 11.1 Å². The Kier molecular flexibility index (Phi) is 8.58. The molecule has 5 aromatic rings. The predicted octanol–water partition coefficient (Wildman–Crippen LogP) is 2.30. The van der Waals surface area contributed by atoms with Gasteiger partial charge in [-0.05, 0) is 24.3 Å². The highest BCUT2D eigenvalue weighted by atomic mass is 16.6. The summed E-state index contributed by atoms with van der Waals surface area (Å²) in [4.78, 5) is 69.0. The number of nitro groups is 1. The first-order chi connectivity index (χ1) is 22.3. The second-order valence-corrected chi connectivity index (χ2v) is 10.6. The maximum absolute atomic E-state index is 13.1. The van der Waals surface area contributed by atoms with Crippen molar-refractivity contribution in [1.29, 1.82) is 5.41 Å². The Bertz CT molecular complexity index is 2080. The van der Waals surface area contributed by atoms with Gasteiger partial charge in [0, 0.05) is 58.8 Å². The summed E-state index contributed by atoms with van der Waals surface area (Å²) in [5.41, 5.74) is 7.14. The highest BCUT2D eigenvalue weighted by Gasteiger charge is 2.21. The molecular weight excluding hydrogens is 612 g/mol. The van der Waals surface area contributed by atoms with Crippen LogP contribution < -0.4 is 27.0 Å². The number of nitrogens with one attached hydrogen (secondary N) is 6. The van der Waals surface area contributed by atoms with Crippen molar-refractivity contribution in [2.45, 2.75) is 6.42 Å². The molecule has 0 aliphatic heterocycles. The number of amidine groups is 1. The Labute approximate surface area is 265 Å². The van der Waals surface area contributed by atoms with E-state index in [0.29, 0.717) is 22.6 Å². The zero-order valence-electron chi connectivity index (χ0n) is 25.4. The van der Waals surface area contributed by atoms with Crippen molar-refractivity contribution in [3.63, 3.8) is 0 Å². The molecule has 0 spiro atoms. The van der Waals surface area contributed by atoms with Gasteiger partial charge in [-0.2, -0.15) is 0 Å². The van der Waals surface area contributed by atoms with Crippen LogP contribution in [0, 0.1) is 15.5 Å². The topological polar surface area (TPSA) is 253 Å². The third kappa shape index (κ3) is 6.85. The maximum atomic E-state index is 13.1. The summed E-state index contributed by atoms with van der Waals surface area (Å²) in [6.07, 6.45) is 4.86. The van der Waals surface area contributed by atoms with E-state index in [-0.39, 0.29) is 58.8 Å². The van der Waals surface area contributed by atoms with Crippen LogP contribution in [0.1, 0.15) is 48.5 Å². The van der Waals surface area contributed by atoms with Crippen molar-refractivity contribution in [1.82, 2.24) is 29.0 Å². The number of carbonyl (C=O) groups is 4. The van der Waals surface area contributed by atoms with Gasteiger partial charge in [-0.1, -0.05) is 6.07 Å². The number of nitro benzene ring substituents is 1. The molecule has 0 fully saturated rings. The van der Waals surface area contributed by atoms with Gasteiger partial charge < -0.3 is 45.7 Å². The van der Waals surface area contributed by atoms with Gasteiger partial charge in [-0.15, -0.1) is 0 Å². The van der Waals surface area contributed by atoms with Crippen LogP contribution in [-0.4, -0.2) is 64.6 Å². The normalized spacial score (nSPS) is 10.9. The van der Waals surface area contributed by atoms with E-state index < -0.39 is 22.6 Å². The SMILES string of the molecule is Cn1cc(NC(=O)c2cc(NC(=O)c3cc(NC(=O)c4nc5c([N+](=O)[O-])cccc5[nH]4)cn3C)cn2C)cc1C(=O)NCCC(=N)N. The number of hydrogen-bond donors (Lipinski definition) is 7. The molecule has 18 heteroatoms. The predicted molar refractivity (Wildman–Crippen MR) is 172 cm³/mol. The van der Waals surface area contributed by atoms with Crippen molar-refractivity contribution >= 4 is 63.2 Å². The fraction of sp³-hybridized carbons (Fsp3) is 0.172. The number of nitrogens with zero attached hydrogens (tertiary/aromatic N) is 5. The number of nitrogens with two attached hydrogens (primary N) is 1. The van der Waals surface area contributed by atoms with Gasteiger partial charge in [0.25, 0.3) is 29.3 Å². The standard InChI is InChI=1S/C29H30N12O6/c1-38-12-15(9-20(38)26(42)32-8-7-23(30)31)33-27(43)21-10-16(13-39(21)2)34-28(44)22-11-17(14-40(22)3)35-29(45)25-36-18-5-4-6-19(41(46)47)24(18)37-25/h4-6,9-14H,7-8H2,1-3H3,(H3,30,31)(H,32,42)(H,33,43)(H,34,44)(H,35,45)(H,36,37). The van der Waals surface area contributed by atoms with Crippen LogP contribution in [0.15, 0.2) is 55.0 Å². The molecule has 47 heavy (non-hydrogen) atoms. The third-order valence-electron chi connectivity index (χ3n) is 7.07. The molecule has 0 aliphatic carbocycles. The molecule has 0 atom stereocenters. The average Bonchev–Trinajstić information content (AvgIpc) is 3.77. The number of rotatable bonds is 11. The van der Waals surface area contributed by atoms with Crippen molar-refractivity contribution in [2.75, 3.05) is 22.5 Å². The molecule has 0 unspecified atom stereocenters. The largest absolute Gasteiger partial charge is 0.388 e. The van der Waals surface area contributed by atoms with E-state index in [1.54, 1.807) is 44.2 Å². The Morgan fingerprint density at radius 2 is 1.34 bits per heavy atom. The molecule has 4 aromatic heterocycles. The van der Waals surface area contributed by atoms with E-state index in [9.17, 15) is 29.3 Å². The first-order valence-electron chi connectivity index (χ1n) is 14.0. The number of anilines is 3. The smallest absolute Gasteiger partial charge is 0.297 e. The minimum absolute atomic E-state index is 0.0433. The first kappa shape index (κ1) is 31.7. The van der Waals surface area contributed by atoms with E-state index in [1.807, 2.05) is 0 Å². The number of non-ortho nitro benzene ring substituents is 1. The van der Waals surface area contributed by atoms with Gasteiger partial charge in [-0.25, -0.2) is 4.98 Å². The average molecular weight is 643 g/mol. The molecule has 8 N–H and O–H groups in total. The molecule has 4 heterocycles. The lowest BCUT2D eigenvalue weighted by molar-refractivity contribution is -0.383. The zero-order valence-corrected chi connectivity index (χ0v) is 25.4. The van der Waals surface area contributed by atoms with Gasteiger partial charge in [0.15, 0.2) is 11.3 Å². The lowest BCUT2D eigenvalue weighted by Crippen LogP contribution is -2.28. The quantitative estimate of drug-likeness (QED) is 0.0486. The van der Waals surface area contributed by atoms with Crippen molar-refractivity contribution in [2.24, 2.45) is 26.9 Å². The van der Waals surface area contributed by atoms with Crippen molar-refractivity contribution in [3.8, 4) is 0 Å². The van der Waals surface area contributed by atoms with Crippen molar-refractivity contribution < 1.29 is 24.1 Å². The molecule has 1 aromatic carbocycles. The molecule has 0 aliphatic rings. The minimum Gasteiger partial charge on any atom is -0.388 e. The van der Waals surface area contributed by atoms with Crippen LogP contribution in [-0.2, 0) is 21.1 Å². The van der Waals surface area contributed by atoms with Crippen LogP contribution in [0.5, 0.6) is 0 Å². The van der Waals surface area contributed by atoms with Crippen LogP contribution in [0.4, 0.5) is 22.7 Å². The molecule has 18 nitrogen and oxygen atoms in total. The summed E-state index contributed by atoms with van der Waals surface area (Å²) in [6, 6.07) is 8.77. The van der Waals surface area contributed by atoms with Crippen LogP contribution in [0.3, 0.4) is 0 Å². The number of carbonyl (C=O) groups excluding carboxylic acids is 4. The Morgan fingerprint density at radius 1 is 0.851 bits per heavy atom. The number of aryl methyl sites for hydroxylation is 3. The molecule has 0 radical (unpaired) electrons. The number of fused-ring (bicyclic) bond motifs is 1. The van der Waals surface area contributed by atoms with Gasteiger partial charge in [0.05, 0.1) is 33.3 Å². The number of benzene rings is 1. The number of amides is 4. The molecule has 4 amide bonds. The second-order valence-electron chi connectivity index (χ2n) is 10.6. The third-order valence-corrected chi connectivity index (χ3v) is 7.07. The fourth-order valence-corrected chi connectivity index (χ4v) is 4.83. The number of aromatic amines is 1. The molecule has 0 bridgehead atoms. The van der Waals surface area contributed by atoms with E-state index in [2.05, 4.69) is 31.2 Å². The van der Waals surface area contributed by atoms with Gasteiger partial charge in [0.1, 0.15) is 17.1 Å². The van der Waals surface area contributed by atoms with Gasteiger partial charge in [-0.3, -0.25) is 34.7 Å². The van der Waals surface area contributed by atoms with Gasteiger partial charge in [0.2, 0.25) is 0 Å². The monoisotopic (exact) mass is 642 g/mol. The lowest BCUT2D eigenvalue weighted by atomic mass is 10.3. The summed E-state index contributed by atoms with van der Waals surface area (Å²) in [7, 11) is 4.89. The minimum atomic E-state index is -0.661. The van der Waals surface area contributed by atoms with Crippen LogP contribution in [0.2, 0.25) is 0 Å². The number of hydrogen-bond acceptors (Lipinski definition) is 8. The molecule has 5 rings (SSSR count). The molecule has 242 valence electrons. The summed E-state index contributed by atoms with van der Waals surface area (Å²) < 4.78 is 4.57. The van der Waals surface area contributed by atoms with E-state index in [0.717, 1.165) is 0 Å². The number of imidazole rings is 1. The number of H-pyrrole nitrogens is 1. The number of aromatic nitrogens is 5. The van der Waals surface area contributed by atoms with Gasteiger partial charge >= 0.3 is 0 Å².